The first-order valence-electron chi connectivity index (χ1n) is 7.40. The number of carbonyl (C=O) groups excluding carboxylic acids is 1. The minimum Gasteiger partial charge on any atom is -0.423 e. The monoisotopic (exact) mass is 319 g/mol. The van der Waals surface area contributed by atoms with Crippen LogP contribution in [0, 0.1) is 11.3 Å². The van der Waals surface area contributed by atoms with Crippen molar-refractivity contribution in [1.82, 2.24) is 0 Å². The molecule has 0 unspecified atom stereocenters. The van der Waals surface area contributed by atoms with Gasteiger partial charge in [-0.15, -0.1) is 0 Å². The lowest BCUT2D eigenvalue weighted by atomic mass is 10.1. The number of hydrogen-bond acceptors (Lipinski definition) is 5. The maximum absolute atomic E-state index is 12.2. The third-order valence-electron chi connectivity index (χ3n) is 3.62. The van der Waals surface area contributed by atoms with Gasteiger partial charge < -0.3 is 9.15 Å². The Bertz CT molecular complexity index is 1030. The molecule has 0 saturated heterocycles. The molecule has 24 heavy (non-hydrogen) atoms. The molecular weight excluding hydrogens is 306 g/mol. The fourth-order valence-electron chi connectivity index (χ4n) is 2.45. The van der Waals surface area contributed by atoms with Crippen LogP contribution in [0.5, 0.6) is 5.75 Å². The Morgan fingerprint density at radius 2 is 2.04 bits per heavy atom. The molecule has 2 aromatic carbocycles. The molecule has 0 amide bonds. The number of fused-ring (bicyclic) bond motifs is 1. The molecule has 3 rings (SSSR count). The van der Waals surface area contributed by atoms with Gasteiger partial charge in [0.25, 0.3) is 0 Å². The van der Waals surface area contributed by atoms with Crippen LogP contribution in [0.25, 0.3) is 11.0 Å². The van der Waals surface area contributed by atoms with Crippen molar-refractivity contribution < 1.29 is 13.9 Å². The molecule has 1 heterocycles. The van der Waals surface area contributed by atoms with Gasteiger partial charge in [-0.25, -0.2) is 9.59 Å². The fourth-order valence-corrected chi connectivity index (χ4v) is 2.45. The first-order chi connectivity index (χ1) is 11.6. The van der Waals surface area contributed by atoms with E-state index < -0.39 is 11.6 Å². The van der Waals surface area contributed by atoms with Crippen molar-refractivity contribution in [1.29, 1.82) is 5.26 Å². The topological polar surface area (TPSA) is 80.3 Å². The predicted molar refractivity (Wildman–Crippen MR) is 88.0 cm³/mol. The molecule has 0 fully saturated rings. The zero-order valence-corrected chi connectivity index (χ0v) is 12.9. The number of rotatable bonds is 3. The molecule has 0 radical (unpaired) electrons. The van der Waals surface area contributed by atoms with Crippen LogP contribution in [-0.4, -0.2) is 5.97 Å². The molecule has 118 valence electrons. The van der Waals surface area contributed by atoms with Crippen molar-refractivity contribution in [2.75, 3.05) is 0 Å². The molecule has 0 aliphatic rings. The number of esters is 1. The first kappa shape index (κ1) is 15.5. The largest absolute Gasteiger partial charge is 0.423 e. The molecule has 0 aliphatic carbocycles. The summed E-state index contributed by atoms with van der Waals surface area (Å²) in [6, 6.07) is 14.6. The number of aryl methyl sites for hydroxylation is 1. The van der Waals surface area contributed by atoms with E-state index >= 15 is 0 Å². The van der Waals surface area contributed by atoms with Gasteiger partial charge in [-0.2, -0.15) is 5.26 Å². The third kappa shape index (κ3) is 3.03. The van der Waals surface area contributed by atoms with E-state index in [-0.39, 0.29) is 11.3 Å². The van der Waals surface area contributed by atoms with Crippen LogP contribution in [0.1, 0.15) is 28.4 Å². The van der Waals surface area contributed by atoms with E-state index in [1.165, 1.54) is 18.2 Å². The van der Waals surface area contributed by atoms with E-state index in [9.17, 15) is 9.59 Å². The highest BCUT2D eigenvalue weighted by Gasteiger charge is 2.11. The average Bonchev–Trinajstić information content (AvgIpc) is 2.60. The van der Waals surface area contributed by atoms with Crippen LogP contribution < -0.4 is 10.4 Å². The van der Waals surface area contributed by atoms with Gasteiger partial charge in [0.2, 0.25) is 0 Å². The Kier molecular flexibility index (Phi) is 4.13. The van der Waals surface area contributed by atoms with E-state index in [1.807, 2.05) is 13.0 Å². The van der Waals surface area contributed by atoms with Crippen LogP contribution in [-0.2, 0) is 6.42 Å². The summed E-state index contributed by atoms with van der Waals surface area (Å²) in [5.41, 5.74) is 1.46. The molecule has 5 nitrogen and oxygen atoms in total. The summed E-state index contributed by atoms with van der Waals surface area (Å²) in [5.74, 6) is -0.313. The second-order valence-electron chi connectivity index (χ2n) is 5.18. The van der Waals surface area contributed by atoms with Gasteiger partial charge in [-0.05, 0) is 42.3 Å². The fraction of sp³-hybridized carbons (Fsp3) is 0.105. The molecule has 0 atom stereocenters. The van der Waals surface area contributed by atoms with E-state index in [4.69, 9.17) is 14.4 Å². The number of benzene rings is 2. The van der Waals surface area contributed by atoms with Crippen molar-refractivity contribution in [3.05, 3.63) is 75.6 Å². The predicted octanol–water partition coefficient (Wildman–Crippen LogP) is 3.45. The van der Waals surface area contributed by atoms with Crippen molar-refractivity contribution in [3.63, 3.8) is 0 Å². The summed E-state index contributed by atoms with van der Waals surface area (Å²) < 4.78 is 10.5. The number of nitriles is 1. The molecule has 0 bridgehead atoms. The maximum atomic E-state index is 12.2. The Balaban J connectivity index is 1.94. The minimum atomic E-state index is -0.583. The summed E-state index contributed by atoms with van der Waals surface area (Å²) >= 11 is 0. The molecule has 3 aromatic rings. The smallest absolute Gasteiger partial charge is 0.343 e. The summed E-state index contributed by atoms with van der Waals surface area (Å²) in [5, 5.41) is 9.69. The van der Waals surface area contributed by atoms with Crippen LogP contribution in [0.2, 0.25) is 0 Å². The quantitative estimate of drug-likeness (QED) is 0.419. The van der Waals surface area contributed by atoms with Crippen LogP contribution in [0.4, 0.5) is 0 Å². The molecule has 5 heteroatoms. The van der Waals surface area contributed by atoms with Gasteiger partial charge in [-0.3, -0.25) is 0 Å². The standard InChI is InChI=1S/C19H13NO4/c1-2-13-9-18(21)24-17-10-15(6-7-16(13)17)23-19(22)14-5-3-4-12(8-14)11-20/h3-10H,2H2,1H3. The lowest BCUT2D eigenvalue weighted by Gasteiger charge is -2.07. The highest BCUT2D eigenvalue weighted by atomic mass is 16.5. The molecule has 0 N–H and O–H groups in total. The lowest BCUT2D eigenvalue weighted by molar-refractivity contribution is 0.0735. The van der Waals surface area contributed by atoms with Gasteiger partial charge >= 0.3 is 11.6 Å². The van der Waals surface area contributed by atoms with Gasteiger partial charge in [0, 0.05) is 17.5 Å². The molecule has 0 saturated carbocycles. The zero-order chi connectivity index (χ0) is 17.1. The molecule has 0 spiro atoms. The lowest BCUT2D eigenvalue weighted by Crippen LogP contribution is -2.09. The van der Waals surface area contributed by atoms with Crippen LogP contribution >= 0.6 is 0 Å². The molecule has 1 aromatic heterocycles. The van der Waals surface area contributed by atoms with Gasteiger partial charge in [0.15, 0.2) is 0 Å². The second-order valence-corrected chi connectivity index (χ2v) is 5.18. The average molecular weight is 319 g/mol. The number of hydrogen-bond donors (Lipinski definition) is 0. The second kappa shape index (κ2) is 6.39. The normalized spacial score (nSPS) is 10.3. The number of ether oxygens (including phenoxy) is 1. The van der Waals surface area contributed by atoms with Crippen molar-refractivity contribution in [2.24, 2.45) is 0 Å². The Morgan fingerprint density at radius 1 is 1.21 bits per heavy atom. The summed E-state index contributed by atoms with van der Waals surface area (Å²) in [6.45, 7) is 1.95. The Morgan fingerprint density at radius 3 is 2.79 bits per heavy atom. The van der Waals surface area contributed by atoms with Crippen molar-refractivity contribution in [2.45, 2.75) is 13.3 Å². The Hall–Kier alpha value is -3.39. The molecular formula is C19H13NO4. The van der Waals surface area contributed by atoms with Crippen LogP contribution in [0.15, 0.2) is 57.7 Å². The first-order valence-corrected chi connectivity index (χ1v) is 7.40. The van der Waals surface area contributed by atoms with Crippen LogP contribution in [0.3, 0.4) is 0 Å². The van der Waals surface area contributed by atoms with E-state index in [2.05, 4.69) is 0 Å². The summed E-state index contributed by atoms with van der Waals surface area (Å²) in [6.07, 6.45) is 0.697. The third-order valence-corrected chi connectivity index (χ3v) is 3.62. The minimum absolute atomic E-state index is 0.270. The SMILES string of the molecule is CCc1cc(=O)oc2cc(OC(=O)c3cccc(C#N)c3)ccc12. The maximum Gasteiger partial charge on any atom is 0.343 e. The highest BCUT2D eigenvalue weighted by Crippen LogP contribution is 2.23. The van der Waals surface area contributed by atoms with E-state index in [0.29, 0.717) is 17.6 Å². The van der Waals surface area contributed by atoms with E-state index in [1.54, 1.807) is 30.3 Å². The van der Waals surface area contributed by atoms with Crippen molar-refractivity contribution >= 4 is 16.9 Å². The van der Waals surface area contributed by atoms with Gasteiger partial charge in [-0.1, -0.05) is 13.0 Å². The van der Waals surface area contributed by atoms with Crippen molar-refractivity contribution in [3.8, 4) is 11.8 Å². The van der Waals surface area contributed by atoms with Gasteiger partial charge in [0.1, 0.15) is 11.3 Å². The summed E-state index contributed by atoms with van der Waals surface area (Å²) in [4.78, 5) is 23.8. The molecule has 0 aliphatic heterocycles. The Labute approximate surface area is 137 Å². The summed E-state index contributed by atoms with van der Waals surface area (Å²) in [7, 11) is 0. The number of nitrogens with zero attached hydrogens (tertiary/aromatic N) is 1. The number of carbonyl (C=O) groups is 1. The van der Waals surface area contributed by atoms with E-state index in [0.717, 1.165) is 10.9 Å². The zero-order valence-electron chi connectivity index (χ0n) is 12.9. The van der Waals surface area contributed by atoms with Gasteiger partial charge in [0.05, 0.1) is 17.2 Å². The highest BCUT2D eigenvalue weighted by molar-refractivity contribution is 5.92.